The molecule has 17 heavy (non-hydrogen) atoms. The van der Waals surface area contributed by atoms with E-state index in [9.17, 15) is 8.78 Å². The zero-order valence-electron chi connectivity index (χ0n) is 9.31. The van der Waals surface area contributed by atoms with Gasteiger partial charge in [-0.25, -0.2) is 8.78 Å². The topological polar surface area (TPSA) is 35.2 Å². The van der Waals surface area contributed by atoms with E-state index in [1.807, 2.05) is 0 Å². The van der Waals surface area contributed by atoms with Gasteiger partial charge < -0.3 is 10.5 Å². The van der Waals surface area contributed by atoms with Gasteiger partial charge in [0.05, 0.1) is 11.1 Å². The minimum Gasteiger partial charge on any atom is -0.381 e. The average Bonchev–Trinajstić information content (AvgIpc) is 2.79. The van der Waals surface area contributed by atoms with E-state index in [-0.39, 0.29) is 21.9 Å². The highest BCUT2D eigenvalue weighted by atomic mass is 79.9. The predicted octanol–water partition coefficient (Wildman–Crippen LogP) is 2.64. The maximum Gasteiger partial charge on any atom is 0.143 e. The molecule has 0 amide bonds. The van der Waals surface area contributed by atoms with Crippen LogP contribution in [0.1, 0.15) is 12.0 Å². The van der Waals surface area contributed by atoms with Gasteiger partial charge in [0.25, 0.3) is 0 Å². The molecule has 1 aliphatic rings. The summed E-state index contributed by atoms with van der Waals surface area (Å²) in [4.78, 5) is 0. The Balaban J connectivity index is 2.32. The van der Waals surface area contributed by atoms with Crippen LogP contribution in [0.5, 0.6) is 0 Å². The van der Waals surface area contributed by atoms with Crippen molar-refractivity contribution in [2.75, 3.05) is 19.8 Å². The molecule has 94 valence electrons. The highest BCUT2D eigenvalue weighted by molar-refractivity contribution is 9.10. The first-order chi connectivity index (χ1) is 8.08. The first-order valence-electron chi connectivity index (χ1n) is 5.48. The van der Waals surface area contributed by atoms with E-state index in [1.165, 1.54) is 12.1 Å². The first-order valence-corrected chi connectivity index (χ1v) is 6.27. The van der Waals surface area contributed by atoms with Crippen LogP contribution in [0.2, 0.25) is 0 Å². The van der Waals surface area contributed by atoms with E-state index in [4.69, 9.17) is 10.5 Å². The number of benzene rings is 1. The Labute approximate surface area is 107 Å². The summed E-state index contributed by atoms with van der Waals surface area (Å²) >= 11 is 3.06. The number of ether oxygens (including phenoxy) is 1. The maximum atomic E-state index is 13.9. The number of halogens is 3. The van der Waals surface area contributed by atoms with E-state index >= 15 is 0 Å². The van der Waals surface area contributed by atoms with E-state index in [0.717, 1.165) is 6.42 Å². The van der Waals surface area contributed by atoms with Crippen molar-refractivity contribution in [1.82, 2.24) is 0 Å². The second-order valence-electron chi connectivity index (χ2n) is 4.51. The summed E-state index contributed by atoms with van der Waals surface area (Å²) in [5.41, 5.74) is 5.48. The number of rotatable bonds is 3. The molecule has 0 saturated carbocycles. The lowest BCUT2D eigenvalue weighted by atomic mass is 9.81. The van der Waals surface area contributed by atoms with Crippen molar-refractivity contribution in [2.45, 2.75) is 12.8 Å². The molecule has 5 heteroatoms. The third-order valence-corrected chi connectivity index (χ3v) is 3.92. The Morgan fingerprint density at radius 2 is 2.18 bits per heavy atom. The maximum absolute atomic E-state index is 13.9. The summed E-state index contributed by atoms with van der Waals surface area (Å²) < 4.78 is 33.1. The Morgan fingerprint density at radius 3 is 2.76 bits per heavy atom. The van der Waals surface area contributed by atoms with Crippen LogP contribution < -0.4 is 5.73 Å². The van der Waals surface area contributed by atoms with Crippen LogP contribution in [-0.2, 0) is 11.2 Å². The smallest absolute Gasteiger partial charge is 0.143 e. The molecular formula is C12H14BrF2NO. The molecule has 1 aromatic rings. The molecule has 1 aliphatic heterocycles. The van der Waals surface area contributed by atoms with E-state index in [0.29, 0.717) is 19.8 Å². The molecular weight excluding hydrogens is 292 g/mol. The second kappa shape index (κ2) is 5.00. The minimum absolute atomic E-state index is 0.0929. The number of nitrogens with two attached hydrogens (primary N) is 1. The first kappa shape index (κ1) is 12.9. The Morgan fingerprint density at radius 1 is 1.41 bits per heavy atom. The number of hydrogen-bond acceptors (Lipinski definition) is 2. The quantitative estimate of drug-likeness (QED) is 0.871. The number of hydrogen-bond donors (Lipinski definition) is 1. The molecule has 1 atom stereocenters. The molecule has 1 heterocycles. The molecule has 0 spiro atoms. The summed E-state index contributed by atoms with van der Waals surface area (Å²) in [6.45, 7) is 1.45. The third kappa shape index (κ3) is 2.51. The molecule has 0 radical (unpaired) electrons. The van der Waals surface area contributed by atoms with Gasteiger partial charge in [0.15, 0.2) is 0 Å². The molecule has 1 fully saturated rings. The van der Waals surface area contributed by atoms with E-state index in [1.54, 1.807) is 0 Å². The van der Waals surface area contributed by atoms with Gasteiger partial charge in [0.2, 0.25) is 0 Å². The lowest BCUT2D eigenvalue weighted by molar-refractivity contribution is 0.153. The fourth-order valence-corrected chi connectivity index (χ4v) is 2.50. The predicted molar refractivity (Wildman–Crippen MR) is 64.7 cm³/mol. The van der Waals surface area contributed by atoms with Crippen LogP contribution in [0.4, 0.5) is 8.78 Å². The zero-order valence-corrected chi connectivity index (χ0v) is 10.9. The van der Waals surface area contributed by atoms with Gasteiger partial charge >= 0.3 is 0 Å². The van der Waals surface area contributed by atoms with Crippen molar-refractivity contribution >= 4 is 15.9 Å². The molecule has 1 saturated heterocycles. The highest BCUT2D eigenvalue weighted by Crippen LogP contribution is 2.34. The van der Waals surface area contributed by atoms with Crippen LogP contribution >= 0.6 is 15.9 Å². The minimum atomic E-state index is -0.537. The molecule has 2 N–H and O–H groups in total. The average molecular weight is 306 g/mol. The summed E-state index contributed by atoms with van der Waals surface area (Å²) in [6, 6.07) is 2.64. The third-order valence-electron chi connectivity index (χ3n) is 3.31. The molecule has 2 rings (SSSR count). The van der Waals surface area contributed by atoms with Crippen molar-refractivity contribution in [3.8, 4) is 0 Å². The fourth-order valence-electron chi connectivity index (χ4n) is 2.13. The van der Waals surface area contributed by atoms with Crippen molar-refractivity contribution < 1.29 is 13.5 Å². The van der Waals surface area contributed by atoms with Gasteiger partial charge in [-0.1, -0.05) is 0 Å². The molecule has 1 unspecified atom stereocenters. The molecule has 0 bridgehead atoms. The van der Waals surface area contributed by atoms with Gasteiger partial charge in [-0.2, -0.15) is 0 Å². The normalized spacial score (nSPS) is 24.2. The molecule has 2 nitrogen and oxygen atoms in total. The Hall–Kier alpha value is -0.520. The van der Waals surface area contributed by atoms with Crippen molar-refractivity contribution in [3.05, 3.63) is 33.8 Å². The van der Waals surface area contributed by atoms with Gasteiger partial charge in [0, 0.05) is 24.1 Å². The standard InChI is InChI=1S/C12H14BrF2NO/c13-9-1-2-10(14)8(11(9)15)5-12(6-16)3-4-17-7-12/h1-2H,3-7,16H2. The van der Waals surface area contributed by atoms with Crippen LogP contribution in [0, 0.1) is 17.0 Å². The van der Waals surface area contributed by atoms with Crippen LogP contribution in [0.3, 0.4) is 0 Å². The molecule has 0 aliphatic carbocycles. The second-order valence-corrected chi connectivity index (χ2v) is 5.36. The van der Waals surface area contributed by atoms with Gasteiger partial charge in [0.1, 0.15) is 11.6 Å². The van der Waals surface area contributed by atoms with Gasteiger partial charge in [-0.15, -0.1) is 0 Å². The lowest BCUT2D eigenvalue weighted by Crippen LogP contribution is -2.34. The van der Waals surface area contributed by atoms with E-state index in [2.05, 4.69) is 15.9 Å². The SMILES string of the molecule is NCC1(Cc2c(F)ccc(Br)c2F)CCOC1. The summed E-state index contributed by atoms with van der Waals surface area (Å²) in [5, 5.41) is 0. The summed E-state index contributed by atoms with van der Waals surface area (Å²) in [5.74, 6) is -1.06. The van der Waals surface area contributed by atoms with E-state index < -0.39 is 11.6 Å². The van der Waals surface area contributed by atoms with Crippen molar-refractivity contribution in [2.24, 2.45) is 11.1 Å². The van der Waals surface area contributed by atoms with Crippen molar-refractivity contribution in [1.29, 1.82) is 0 Å². The molecule has 0 aromatic heterocycles. The van der Waals surface area contributed by atoms with Crippen LogP contribution in [0.15, 0.2) is 16.6 Å². The summed E-state index contributed by atoms with van der Waals surface area (Å²) in [6.07, 6.45) is 1.02. The van der Waals surface area contributed by atoms with Crippen LogP contribution in [0.25, 0.3) is 0 Å². The Kier molecular flexibility index (Phi) is 3.80. The van der Waals surface area contributed by atoms with Crippen molar-refractivity contribution in [3.63, 3.8) is 0 Å². The highest BCUT2D eigenvalue weighted by Gasteiger charge is 2.35. The van der Waals surface area contributed by atoms with Crippen LogP contribution in [-0.4, -0.2) is 19.8 Å². The zero-order chi connectivity index (χ0) is 12.5. The van der Waals surface area contributed by atoms with Gasteiger partial charge in [-0.05, 0) is 40.9 Å². The molecule has 1 aromatic carbocycles. The van der Waals surface area contributed by atoms with Gasteiger partial charge in [-0.3, -0.25) is 0 Å². The lowest BCUT2D eigenvalue weighted by Gasteiger charge is -2.25. The monoisotopic (exact) mass is 305 g/mol. The Bertz CT molecular complexity index is 419. The largest absolute Gasteiger partial charge is 0.381 e. The summed E-state index contributed by atoms with van der Waals surface area (Å²) in [7, 11) is 0. The fraction of sp³-hybridized carbons (Fsp3) is 0.500.